The lowest BCUT2D eigenvalue weighted by Gasteiger charge is -2.32. The number of ether oxygens (including phenoxy) is 1. The molecular weight excluding hydrogens is 538 g/mol. The van der Waals surface area contributed by atoms with Crippen LogP contribution in [-0.4, -0.2) is 51.4 Å². The predicted molar refractivity (Wildman–Crippen MR) is 162 cm³/mol. The van der Waals surface area contributed by atoms with Gasteiger partial charge in [-0.25, -0.2) is 8.42 Å². The van der Waals surface area contributed by atoms with E-state index in [2.05, 4.69) is 19.2 Å². The molecule has 0 aliphatic carbocycles. The fourth-order valence-corrected chi connectivity index (χ4v) is 5.71. The summed E-state index contributed by atoms with van der Waals surface area (Å²) in [5, 5.41) is 2.89. The molecule has 0 unspecified atom stereocenters. The highest BCUT2D eigenvalue weighted by Gasteiger charge is 2.32. The molecule has 3 aromatic carbocycles. The van der Waals surface area contributed by atoms with Crippen LogP contribution in [0.5, 0.6) is 5.75 Å². The van der Waals surface area contributed by atoms with Gasteiger partial charge >= 0.3 is 0 Å². The Bertz CT molecular complexity index is 1410. The van der Waals surface area contributed by atoms with E-state index in [0.29, 0.717) is 18.0 Å². The molecule has 3 aromatic rings. The van der Waals surface area contributed by atoms with Crippen molar-refractivity contribution in [2.24, 2.45) is 5.92 Å². The summed E-state index contributed by atoms with van der Waals surface area (Å²) in [6.45, 7) is 9.81. The summed E-state index contributed by atoms with van der Waals surface area (Å²) in [7, 11) is -2.55. The first-order chi connectivity index (χ1) is 19.4. The number of anilines is 1. The Kier molecular flexibility index (Phi) is 10.9. The standard InChI is InChI=1S/C32H41N3O5S/c1-23(2)20-33-32(37)25(5)34(21-26-11-10-12-29(19-26)40-6)31(36)22-35(28-17-15-27(16-18-28)24(3)4)41(38,39)30-13-8-7-9-14-30/h7-19,23-25H,20-22H2,1-6H3,(H,33,37)/t25-/m1/s1. The van der Waals surface area contributed by atoms with E-state index >= 15 is 0 Å². The second-order valence-corrected chi connectivity index (χ2v) is 12.6. The van der Waals surface area contributed by atoms with Crippen LogP contribution in [0.15, 0.2) is 83.8 Å². The van der Waals surface area contributed by atoms with Crippen LogP contribution in [0.3, 0.4) is 0 Å². The Hall–Kier alpha value is -3.85. The molecule has 41 heavy (non-hydrogen) atoms. The van der Waals surface area contributed by atoms with Crippen LogP contribution in [0.4, 0.5) is 5.69 Å². The average molecular weight is 580 g/mol. The number of hydrogen-bond donors (Lipinski definition) is 1. The first kappa shape index (κ1) is 31.7. The van der Waals surface area contributed by atoms with E-state index in [-0.39, 0.29) is 29.2 Å². The molecule has 0 saturated carbocycles. The van der Waals surface area contributed by atoms with Crippen molar-refractivity contribution in [3.63, 3.8) is 0 Å². The molecule has 220 valence electrons. The van der Waals surface area contributed by atoms with Crippen molar-refractivity contribution in [2.45, 2.75) is 58.0 Å². The summed E-state index contributed by atoms with van der Waals surface area (Å²) in [5.74, 6) is 0.286. The second kappa shape index (κ2) is 14.2. The Labute approximate surface area is 244 Å². The Balaban J connectivity index is 2.02. The fourth-order valence-electron chi connectivity index (χ4n) is 4.28. The fraction of sp³-hybridized carbons (Fsp3) is 0.375. The summed E-state index contributed by atoms with van der Waals surface area (Å²) in [6.07, 6.45) is 0. The third-order valence-electron chi connectivity index (χ3n) is 6.80. The summed E-state index contributed by atoms with van der Waals surface area (Å²) >= 11 is 0. The zero-order chi connectivity index (χ0) is 30.2. The average Bonchev–Trinajstić information content (AvgIpc) is 2.97. The van der Waals surface area contributed by atoms with E-state index in [4.69, 9.17) is 4.74 Å². The van der Waals surface area contributed by atoms with Crippen molar-refractivity contribution in [1.29, 1.82) is 0 Å². The van der Waals surface area contributed by atoms with Gasteiger partial charge in [-0.1, -0.05) is 70.2 Å². The van der Waals surface area contributed by atoms with Gasteiger partial charge in [0.2, 0.25) is 11.8 Å². The monoisotopic (exact) mass is 579 g/mol. The molecule has 0 radical (unpaired) electrons. The second-order valence-electron chi connectivity index (χ2n) is 10.8. The molecule has 0 saturated heterocycles. The summed E-state index contributed by atoms with van der Waals surface area (Å²) in [5.41, 5.74) is 2.16. The number of nitrogens with one attached hydrogen (secondary N) is 1. The topological polar surface area (TPSA) is 96.0 Å². The van der Waals surface area contributed by atoms with E-state index in [9.17, 15) is 18.0 Å². The molecule has 3 rings (SSSR count). The molecule has 1 atom stereocenters. The molecule has 0 spiro atoms. The first-order valence-corrected chi connectivity index (χ1v) is 15.3. The summed E-state index contributed by atoms with van der Waals surface area (Å²) in [6, 6.07) is 21.6. The van der Waals surface area contributed by atoms with Crippen molar-refractivity contribution in [3.8, 4) is 5.75 Å². The van der Waals surface area contributed by atoms with Crippen LogP contribution in [0.1, 0.15) is 51.7 Å². The number of carbonyl (C=O) groups excluding carboxylic acids is 2. The number of methoxy groups -OCH3 is 1. The SMILES string of the molecule is COc1cccc(CN(C(=O)CN(c2ccc(C(C)C)cc2)S(=O)(=O)c2ccccc2)[C@H](C)C(=O)NCC(C)C)c1. The molecule has 0 fully saturated rings. The van der Waals surface area contributed by atoms with E-state index in [1.807, 2.05) is 38.1 Å². The Morgan fingerprint density at radius 2 is 1.54 bits per heavy atom. The zero-order valence-electron chi connectivity index (χ0n) is 24.7. The normalized spacial score (nSPS) is 12.2. The van der Waals surface area contributed by atoms with Gasteiger partial charge in [-0.05, 0) is 66.3 Å². The maximum absolute atomic E-state index is 14.0. The zero-order valence-corrected chi connectivity index (χ0v) is 25.5. The van der Waals surface area contributed by atoms with Gasteiger partial charge in [0.05, 0.1) is 17.7 Å². The molecule has 2 amide bonds. The van der Waals surface area contributed by atoms with Gasteiger partial charge in [0.25, 0.3) is 10.0 Å². The van der Waals surface area contributed by atoms with Gasteiger partial charge in [-0.3, -0.25) is 13.9 Å². The smallest absolute Gasteiger partial charge is 0.264 e. The molecule has 0 heterocycles. The largest absolute Gasteiger partial charge is 0.497 e. The predicted octanol–water partition coefficient (Wildman–Crippen LogP) is 5.20. The lowest BCUT2D eigenvalue weighted by atomic mass is 10.0. The summed E-state index contributed by atoms with van der Waals surface area (Å²) in [4.78, 5) is 28.6. The minimum atomic E-state index is -4.10. The number of carbonyl (C=O) groups is 2. The maximum atomic E-state index is 14.0. The van der Waals surface area contributed by atoms with Crippen LogP contribution in [0.25, 0.3) is 0 Å². The highest BCUT2D eigenvalue weighted by atomic mass is 32.2. The maximum Gasteiger partial charge on any atom is 0.264 e. The van der Waals surface area contributed by atoms with Gasteiger partial charge in [0.15, 0.2) is 0 Å². The molecule has 0 aliphatic rings. The van der Waals surface area contributed by atoms with Crippen LogP contribution in [0.2, 0.25) is 0 Å². The van der Waals surface area contributed by atoms with Crippen molar-refractivity contribution in [2.75, 3.05) is 24.5 Å². The molecule has 0 bridgehead atoms. The molecule has 0 aliphatic heterocycles. The molecule has 1 N–H and O–H groups in total. The lowest BCUT2D eigenvalue weighted by Crippen LogP contribution is -2.51. The van der Waals surface area contributed by atoms with E-state index < -0.39 is 28.5 Å². The molecular formula is C32H41N3O5S. The third kappa shape index (κ3) is 8.33. The van der Waals surface area contributed by atoms with Gasteiger partial charge in [0, 0.05) is 13.1 Å². The number of rotatable bonds is 13. The van der Waals surface area contributed by atoms with Crippen molar-refractivity contribution in [3.05, 3.63) is 90.0 Å². The Morgan fingerprint density at radius 1 is 0.878 bits per heavy atom. The molecule has 8 nitrogen and oxygen atoms in total. The summed E-state index contributed by atoms with van der Waals surface area (Å²) < 4.78 is 34.2. The highest BCUT2D eigenvalue weighted by molar-refractivity contribution is 7.92. The quantitative estimate of drug-likeness (QED) is 0.300. The van der Waals surface area contributed by atoms with Crippen molar-refractivity contribution in [1.82, 2.24) is 10.2 Å². The Morgan fingerprint density at radius 3 is 2.12 bits per heavy atom. The first-order valence-electron chi connectivity index (χ1n) is 13.8. The van der Waals surface area contributed by atoms with Crippen LogP contribution < -0.4 is 14.4 Å². The minimum absolute atomic E-state index is 0.0720. The van der Waals surface area contributed by atoms with Gasteiger partial charge < -0.3 is 15.0 Å². The van der Waals surface area contributed by atoms with Crippen LogP contribution in [-0.2, 0) is 26.2 Å². The number of nitrogens with zero attached hydrogens (tertiary/aromatic N) is 2. The third-order valence-corrected chi connectivity index (χ3v) is 8.58. The number of benzene rings is 3. The van der Waals surface area contributed by atoms with Crippen molar-refractivity contribution >= 4 is 27.5 Å². The minimum Gasteiger partial charge on any atom is -0.497 e. The number of sulfonamides is 1. The molecule has 0 aromatic heterocycles. The van der Waals surface area contributed by atoms with E-state index in [0.717, 1.165) is 15.4 Å². The highest BCUT2D eigenvalue weighted by Crippen LogP contribution is 2.27. The van der Waals surface area contributed by atoms with E-state index in [1.165, 1.54) is 17.0 Å². The van der Waals surface area contributed by atoms with Gasteiger partial charge in [-0.15, -0.1) is 0 Å². The van der Waals surface area contributed by atoms with Gasteiger partial charge in [-0.2, -0.15) is 0 Å². The van der Waals surface area contributed by atoms with Gasteiger partial charge in [0.1, 0.15) is 18.3 Å². The van der Waals surface area contributed by atoms with Crippen LogP contribution in [0, 0.1) is 5.92 Å². The molecule has 9 heteroatoms. The van der Waals surface area contributed by atoms with Crippen LogP contribution >= 0.6 is 0 Å². The van der Waals surface area contributed by atoms with E-state index in [1.54, 1.807) is 56.5 Å². The number of amides is 2. The lowest BCUT2D eigenvalue weighted by molar-refractivity contribution is -0.139. The number of hydrogen-bond acceptors (Lipinski definition) is 5. The van der Waals surface area contributed by atoms with Crippen molar-refractivity contribution < 1.29 is 22.7 Å².